The number of rotatable bonds is 5. The SMILES string of the molecule is OCCOC1CCN(CCS)CC1. The molecule has 0 spiro atoms. The van der Waals surface area contributed by atoms with Gasteiger partial charge in [0.05, 0.1) is 19.3 Å². The molecule has 0 unspecified atom stereocenters. The number of hydrogen-bond acceptors (Lipinski definition) is 4. The van der Waals surface area contributed by atoms with Gasteiger partial charge in [-0.3, -0.25) is 0 Å². The predicted molar refractivity (Wildman–Crippen MR) is 56.4 cm³/mol. The van der Waals surface area contributed by atoms with E-state index in [4.69, 9.17) is 9.84 Å². The van der Waals surface area contributed by atoms with Gasteiger partial charge in [-0.1, -0.05) is 0 Å². The summed E-state index contributed by atoms with van der Waals surface area (Å²) in [6.45, 7) is 3.91. The van der Waals surface area contributed by atoms with Crippen LogP contribution in [-0.4, -0.2) is 54.7 Å². The fraction of sp³-hybridized carbons (Fsp3) is 1.00. The number of piperidine rings is 1. The van der Waals surface area contributed by atoms with Gasteiger partial charge in [-0.25, -0.2) is 0 Å². The summed E-state index contributed by atoms with van der Waals surface area (Å²) in [6.07, 6.45) is 2.55. The van der Waals surface area contributed by atoms with Crippen LogP contribution in [0.25, 0.3) is 0 Å². The lowest BCUT2D eigenvalue weighted by Gasteiger charge is -2.31. The van der Waals surface area contributed by atoms with E-state index in [-0.39, 0.29) is 6.61 Å². The maximum absolute atomic E-state index is 8.59. The van der Waals surface area contributed by atoms with E-state index < -0.39 is 0 Å². The monoisotopic (exact) mass is 205 g/mol. The second-order valence-corrected chi connectivity index (χ2v) is 3.81. The zero-order chi connectivity index (χ0) is 9.52. The van der Waals surface area contributed by atoms with Gasteiger partial charge in [0.15, 0.2) is 0 Å². The molecule has 1 rings (SSSR count). The van der Waals surface area contributed by atoms with Crippen molar-refractivity contribution in [2.75, 3.05) is 38.6 Å². The lowest BCUT2D eigenvalue weighted by atomic mass is 10.1. The van der Waals surface area contributed by atoms with Crippen LogP contribution in [0.2, 0.25) is 0 Å². The molecule has 0 aromatic rings. The molecule has 1 aliphatic rings. The Morgan fingerprint density at radius 2 is 2.08 bits per heavy atom. The normalized spacial score (nSPS) is 20.8. The molecule has 0 saturated carbocycles. The van der Waals surface area contributed by atoms with Crippen molar-refractivity contribution in [2.24, 2.45) is 0 Å². The molecule has 0 bridgehead atoms. The van der Waals surface area contributed by atoms with E-state index in [0.29, 0.717) is 12.7 Å². The highest BCUT2D eigenvalue weighted by atomic mass is 32.1. The number of ether oxygens (including phenoxy) is 1. The summed E-state index contributed by atoms with van der Waals surface area (Å²) < 4.78 is 5.46. The quantitative estimate of drug-likeness (QED) is 0.637. The first-order valence-corrected chi connectivity index (χ1v) is 5.55. The Balaban J connectivity index is 2.08. The first-order valence-electron chi connectivity index (χ1n) is 4.92. The largest absolute Gasteiger partial charge is 0.394 e. The molecule has 78 valence electrons. The van der Waals surface area contributed by atoms with Crippen molar-refractivity contribution >= 4 is 12.6 Å². The Kier molecular flexibility index (Phi) is 5.78. The fourth-order valence-corrected chi connectivity index (χ4v) is 1.94. The van der Waals surface area contributed by atoms with Crippen molar-refractivity contribution in [3.05, 3.63) is 0 Å². The summed E-state index contributed by atoms with van der Waals surface area (Å²) in [5.41, 5.74) is 0. The minimum Gasteiger partial charge on any atom is -0.394 e. The summed E-state index contributed by atoms with van der Waals surface area (Å²) in [4.78, 5) is 2.41. The van der Waals surface area contributed by atoms with Gasteiger partial charge in [0.1, 0.15) is 0 Å². The van der Waals surface area contributed by atoms with E-state index in [1.54, 1.807) is 0 Å². The molecule has 0 aromatic heterocycles. The summed E-state index contributed by atoms with van der Waals surface area (Å²) in [5, 5.41) is 8.59. The lowest BCUT2D eigenvalue weighted by molar-refractivity contribution is -0.00666. The number of aliphatic hydroxyl groups excluding tert-OH is 1. The minimum absolute atomic E-state index is 0.136. The molecule has 0 radical (unpaired) electrons. The molecule has 1 saturated heterocycles. The van der Waals surface area contributed by atoms with Gasteiger partial charge in [0.25, 0.3) is 0 Å². The minimum atomic E-state index is 0.136. The van der Waals surface area contributed by atoms with Gasteiger partial charge in [-0.05, 0) is 12.8 Å². The van der Waals surface area contributed by atoms with Crippen LogP contribution in [-0.2, 0) is 4.74 Å². The van der Waals surface area contributed by atoms with E-state index in [9.17, 15) is 0 Å². The van der Waals surface area contributed by atoms with Gasteiger partial charge in [0.2, 0.25) is 0 Å². The zero-order valence-electron chi connectivity index (χ0n) is 7.98. The van der Waals surface area contributed by atoms with Crippen LogP contribution < -0.4 is 0 Å². The first kappa shape index (κ1) is 11.3. The molecule has 4 heteroatoms. The molecular weight excluding hydrogens is 186 g/mol. The van der Waals surface area contributed by atoms with Crippen LogP contribution in [0.15, 0.2) is 0 Å². The van der Waals surface area contributed by atoms with Gasteiger partial charge in [0, 0.05) is 25.4 Å². The number of thiol groups is 1. The van der Waals surface area contributed by atoms with Crippen LogP contribution in [0.3, 0.4) is 0 Å². The van der Waals surface area contributed by atoms with Crippen LogP contribution in [0.4, 0.5) is 0 Å². The predicted octanol–water partition coefficient (Wildman–Crippen LogP) is 0.389. The maximum atomic E-state index is 8.59. The van der Waals surface area contributed by atoms with Crippen LogP contribution in [0.1, 0.15) is 12.8 Å². The number of hydrogen-bond donors (Lipinski definition) is 2. The van der Waals surface area contributed by atoms with E-state index in [1.807, 2.05) is 0 Å². The summed E-state index contributed by atoms with van der Waals surface area (Å²) in [7, 11) is 0. The highest BCUT2D eigenvalue weighted by Gasteiger charge is 2.18. The van der Waals surface area contributed by atoms with Crippen molar-refractivity contribution in [1.82, 2.24) is 4.90 Å². The number of nitrogens with zero attached hydrogens (tertiary/aromatic N) is 1. The summed E-state index contributed by atoms with van der Waals surface area (Å²) >= 11 is 4.20. The smallest absolute Gasteiger partial charge is 0.0701 e. The third kappa shape index (κ3) is 4.31. The fourth-order valence-electron chi connectivity index (χ4n) is 1.66. The molecule has 0 aromatic carbocycles. The van der Waals surface area contributed by atoms with Crippen molar-refractivity contribution < 1.29 is 9.84 Å². The van der Waals surface area contributed by atoms with Gasteiger partial charge in [-0.15, -0.1) is 0 Å². The Hall–Kier alpha value is 0.230. The third-order valence-corrected chi connectivity index (χ3v) is 2.60. The molecule has 1 aliphatic heterocycles. The Morgan fingerprint density at radius 3 is 2.62 bits per heavy atom. The molecular formula is C9H19NO2S. The first-order chi connectivity index (χ1) is 6.36. The summed E-state index contributed by atoms with van der Waals surface area (Å²) in [5.74, 6) is 0.933. The molecule has 1 N–H and O–H groups in total. The molecule has 0 amide bonds. The molecule has 1 fully saturated rings. The van der Waals surface area contributed by atoms with E-state index in [2.05, 4.69) is 17.5 Å². The van der Waals surface area contributed by atoms with Gasteiger partial charge in [-0.2, -0.15) is 12.6 Å². The zero-order valence-corrected chi connectivity index (χ0v) is 8.88. The van der Waals surface area contributed by atoms with Crippen LogP contribution in [0.5, 0.6) is 0 Å². The Morgan fingerprint density at radius 1 is 1.38 bits per heavy atom. The Bertz CT molecular complexity index is 127. The van der Waals surface area contributed by atoms with E-state index in [1.165, 1.54) is 0 Å². The van der Waals surface area contributed by atoms with Crippen molar-refractivity contribution in [3.63, 3.8) is 0 Å². The Labute approximate surface area is 85.5 Å². The van der Waals surface area contributed by atoms with Gasteiger partial charge < -0.3 is 14.7 Å². The second kappa shape index (κ2) is 6.65. The van der Waals surface area contributed by atoms with Crippen LogP contribution in [0, 0.1) is 0 Å². The number of likely N-dealkylation sites (tertiary alicyclic amines) is 1. The van der Waals surface area contributed by atoms with Crippen molar-refractivity contribution in [3.8, 4) is 0 Å². The third-order valence-electron chi connectivity index (χ3n) is 2.40. The van der Waals surface area contributed by atoms with Gasteiger partial charge >= 0.3 is 0 Å². The topological polar surface area (TPSA) is 32.7 Å². The van der Waals surface area contributed by atoms with Crippen LogP contribution >= 0.6 is 12.6 Å². The summed E-state index contributed by atoms with van der Waals surface area (Å²) in [6, 6.07) is 0. The van der Waals surface area contributed by atoms with E-state index >= 15 is 0 Å². The molecule has 0 atom stereocenters. The van der Waals surface area contributed by atoms with Crippen molar-refractivity contribution in [2.45, 2.75) is 18.9 Å². The van der Waals surface area contributed by atoms with E-state index in [0.717, 1.165) is 38.2 Å². The molecule has 3 nitrogen and oxygen atoms in total. The highest BCUT2D eigenvalue weighted by molar-refractivity contribution is 7.80. The molecule has 13 heavy (non-hydrogen) atoms. The number of aliphatic hydroxyl groups is 1. The lowest BCUT2D eigenvalue weighted by Crippen LogP contribution is -2.38. The van der Waals surface area contributed by atoms with Crippen molar-refractivity contribution in [1.29, 1.82) is 0 Å². The highest BCUT2D eigenvalue weighted by Crippen LogP contribution is 2.13. The molecule has 0 aliphatic carbocycles. The maximum Gasteiger partial charge on any atom is 0.0701 e. The average Bonchev–Trinajstić information content (AvgIpc) is 2.17. The molecule has 1 heterocycles. The second-order valence-electron chi connectivity index (χ2n) is 3.36. The average molecular weight is 205 g/mol. The standard InChI is InChI=1S/C9H19NO2S/c11-6-7-12-9-1-3-10(4-2-9)5-8-13/h9,11,13H,1-8H2.